The zero-order valence-corrected chi connectivity index (χ0v) is 15.8. The van der Waals surface area contributed by atoms with Crippen molar-refractivity contribution in [3.8, 4) is 11.4 Å². The van der Waals surface area contributed by atoms with E-state index in [0.29, 0.717) is 0 Å². The van der Waals surface area contributed by atoms with E-state index >= 15 is 0 Å². The molecule has 1 aliphatic heterocycles. The fourth-order valence-corrected chi connectivity index (χ4v) is 3.83. The second kappa shape index (κ2) is 7.19. The molecular formula is C22H18ClN5. The van der Waals surface area contributed by atoms with E-state index in [4.69, 9.17) is 16.6 Å². The molecule has 0 aliphatic carbocycles. The molecule has 4 heterocycles. The first-order valence-electron chi connectivity index (χ1n) is 9.24. The minimum atomic E-state index is 0.128. The first kappa shape index (κ1) is 17.1. The van der Waals surface area contributed by atoms with Gasteiger partial charge in [-0.15, -0.1) is 0 Å². The molecule has 1 aliphatic rings. The Morgan fingerprint density at radius 2 is 1.89 bits per heavy atom. The number of hydrogen-bond donors (Lipinski definition) is 2. The molecule has 0 spiro atoms. The predicted octanol–water partition coefficient (Wildman–Crippen LogP) is 4.79. The number of nitrogens with zero attached hydrogens (tertiary/aromatic N) is 3. The van der Waals surface area contributed by atoms with Crippen LogP contribution in [0.4, 0.5) is 0 Å². The van der Waals surface area contributed by atoms with Gasteiger partial charge in [0, 0.05) is 23.2 Å². The third-order valence-electron chi connectivity index (χ3n) is 4.99. The molecule has 1 atom stereocenters. The van der Waals surface area contributed by atoms with Crippen molar-refractivity contribution in [2.75, 3.05) is 6.54 Å². The summed E-state index contributed by atoms with van der Waals surface area (Å²) < 4.78 is 0. The SMILES string of the molecule is Clc1cccc(C2C=C(c3cccc(-c4n[nH]c5ncccc45)n3)CCN2)c1. The molecule has 5 nitrogen and oxygen atoms in total. The summed E-state index contributed by atoms with van der Waals surface area (Å²) in [5.74, 6) is 0. The van der Waals surface area contributed by atoms with Crippen LogP contribution in [0.1, 0.15) is 23.7 Å². The van der Waals surface area contributed by atoms with E-state index < -0.39 is 0 Å². The van der Waals surface area contributed by atoms with E-state index in [9.17, 15) is 0 Å². The van der Waals surface area contributed by atoms with Gasteiger partial charge in [-0.25, -0.2) is 9.97 Å². The quantitative estimate of drug-likeness (QED) is 0.530. The van der Waals surface area contributed by atoms with Crippen LogP contribution >= 0.6 is 11.6 Å². The molecule has 138 valence electrons. The van der Waals surface area contributed by atoms with E-state index in [1.165, 1.54) is 5.57 Å². The molecule has 5 rings (SSSR count). The van der Waals surface area contributed by atoms with Crippen LogP contribution in [0.2, 0.25) is 5.02 Å². The van der Waals surface area contributed by atoms with Gasteiger partial charge in [0.1, 0.15) is 5.69 Å². The number of fused-ring (bicyclic) bond motifs is 1. The van der Waals surface area contributed by atoms with E-state index in [0.717, 1.165) is 51.7 Å². The Balaban J connectivity index is 1.52. The normalized spacial score (nSPS) is 16.9. The van der Waals surface area contributed by atoms with Gasteiger partial charge in [0.2, 0.25) is 0 Å². The molecular weight excluding hydrogens is 370 g/mol. The van der Waals surface area contributed by atoms with Gasteiger partial charge in [-0.2, -0.15) is 5.10 Å². The van der Waals surface area contributed by atoms with Crippen molar-refractivity contribution in [1.29, 1.82) is 0 Å². The first-order chi connectivity index (χ1) is 13.8. The summed E-state index contributed by atoms with van der Waals surface area (Å²) in [7, 11) is 0. The first-order valence-corrected chi connectivity index (χ1v) is 9.62. The molecule has 0 amide bonds. The third-order valence-corrected chi connectivity index (χ3v) is 5.23. The maximum absolute atomic E-state index is 6.17. The monoisotopic (exact) mass is 387 g/mol. The Hall–Kier alpha value is -3.02. The summed E-state index contributed by atoms with van der Waals surface area (Å²) >= 11 is 6.17. The lowest BCUT2D eigenvalue weighted by Gasteiger charge is -2.23. The zero-order valence-electron chi connectivity index (χ0n) is 15.1. The van der Waals surface area contributed by atoms with E-state index in [1.54, 1.807) is 6.20 Å². The Kier molecular flexibility index (Phi) is 4.39. The topological polar surface area (TPSA) is 66.5 Å². The molecule has 0 bridgehead atoms. The van der Waals surface area contributed by atoms with Crippen LogP contribution in [-0.4, -0.2) is 26.7 Å². The van der Waals surface area contributed by atoms with Crippen LogP contribution in [0, 0.1) is 0 Å². The number of pyridine rings is 2. The lowest BCUT2D eigenvalue weighted by atomic mass is 9.96. The Morgan fingerprint density at radius 3 is 2.82 bits per heavy atom. The van der Waals surface area contributed by atoms with Gasteiger partial charge in [-0.3, -0.25) is 5.10 Å². The molecule has 0 fully saturated rings. The average molecular weight is 388 g/mol. The van der Waals surface area contributed by atoms with E-state index in [2.05, 4.69) is 38.7 Å². The Labute approximate surface area is 167 Å². The van der Waals surface area contributed by atoms with Crippen molar-refractivity contribution in [1.82, 2.24) is 25.5 Å². The number of halogens is 1. The van der Waals surface area contributed by atoms with Gasteiger partial charge < -0.3 is 5.32 Å². The zero-order chi connectivity index (χ0) is 18.9. The summed E-state index contributed by atoms with van der Waals surface area (Å²) in [6, 6.07) is 18.1. The van der Waals surface area contributed by atoms with Crippen LogP contribution in [0.3, 0.4) is 0 Å². The highest BCUT2D eigenvalue weighted by Crippen LogP contribution is 2.30. The minimum absolute atomic E-state index is 0.128. The van der Waals surface area contributed by atoms with Gasteiger partial charge in [0.05, 0.1) is 17.4 Å². The van der Waals surface area contributed by atoms with Crippen molar-refractivity contribution in [2.24, 2.45) is 0 Å². The van der Waals surface area contributed by atoms with Crippen LogP contribution in [-0.2, 0) is 0 Å². The molecule has 0 radical (unpaired) electrons. The molecule has 0 saturated heterocycles. The molecule has 0 saturated carbocycles. The van der Waals surface area contributed by atoms with Crippen molar-refractivity contribution in [3.05, 3.63) is 83.2 Å². The van der Waals surface area contributed by atoms with Crippen molar-refractivity contribution in [3.63, 3.8) is 0 Å². The predicted molar refractivity (Wildman–Crippen MR) is 112 cm³/mol. The Morgan fingerprint density at radius 1 is 1.00 bits per heavy atom. The summed E-state index contributed by atoms with van der Waals surface area (Å²) in [6.07, 6.45) is 4.92. The van der Waals surface area contributed by atoms with Crippen LogP contribution in [0.25, 0.3) is 28.0 Å². The lowest BCUT2D eigenvalue weighted by molar-refractivity contribution is 0.608. The van der Waals surface area contributed by atoms with Crippen molar-refractivity contribution < 1.29 is 0 Å². The summed E-state index contributed by atoms with van der Waals surface area (Å²) in [6.45, 7) is 0.893. The lowest BCUT2D eigenvalue weighted by Crippen LogP contribution is -2.25. The number of benzene rings is 1. The van der Waals surface area contributed by atoms with Crippen molar-refractivity contribution >= 4 is 28.2 Å². The summed E-state index contributed by atoms with van der Waals surface area (Å²) in [5, 5.41) is 12.7. The van der Waals surface area contributed by atoms with Crippen molar-refractivity contribution in [2.45, 2.75) is 12.5 Å². The summed E-state index contributed by atoms with van der Waals surface area (Å²) in [4.78, 5) is 9.22. The van der Waals surface area contributed by atoms with Gasteiger partial charge in [-0.1, -0.05) is 35.9 Å². The molecule has 4 aromatic rings. The molecule has 28 heavy (non-hydrogen) atoms. The highest BCUT2D eigenvalue weighted by Gasteiger charge is 2.18. The second-order valence-electron chi connectivity index (χ2n) is 6.81. The van der Waals surface area contributed by atoms with Gasteiger partial charge in [0.15, 0.2) is 5.65 Å². The van der Waals surface area contributed by atoms with Gasteiger partial charge in [0.25, 0.3) is 0 Å². The number of hydrogen-bond acceptors (Lipinski definition) is 4. The third kappa shape index (κ3) is 3.19. The van der Waals surface area contributed by atoms with Crippen LogP contribution < -0.4 is 5.32 Å². The average Bonchev–Trinajstić information content (AvgIpc) is 3.18. The van der Waals surface area contributed by atoms with E-state index in [1.807, 2.05) is 42.5 Å². The number of aromatic amines is 1. The second-order valence-corrected chi connectivity index (χ2v) is 7.24. The highest BCUT2D eigenvalue weighted by atomic mass is 35.5. The van der Waals surface area contributed by atoms with Gasteiger partial charge in [-0.05, 0) is 54.0 Å². The smallest absolute Gasteiger partial charge is 0.155 e. The fourth-order valence-electron chi connectivity index (χ4n) is 3.63. The standard InChI is InChI=1S/C22H18ClN5/c23-16-5-1-4-14(12-16)20-13-15(9-11-24-20)18-7-2-8-19(26-18)21-17-6-3-10-25-22(17)28-27-21/h1-8,10,12-13,20,24H,9,11H2,(H,25,27,28). The fraction of sp³-hybridized carbons (Fsp3) is 0.136. The molecule has 6 heteroatoms. The molecule has 1 aromatic carbocycles. The molecule has 2 N–H and O–H groups in total. The molecule has 3 aromatic heterocycles. The number of aromatic nitrogens is 4. The number of rotatable bonds is 3. The van der Waals surface area contributed by atoms with Crippen LogP contribution in [0.15, 0.2) is 66.9 Å². The maximum Gasteiger partial charge on any atom is 0.155 e. The largest absolute Gasteiger partial charge is 0.306 e. The number of nitrogens with one attached hydrogen (secondary N) is 2. The number of H-pyrrole nitrogens is 1. The Bertz CT molecular complexity index is 1180. The molecule has 1 unspecified atom stereocenters. The summed E-state index contributed by atoms with van der Waals surface area (Å²) in [5.41, 5.74) is 5.80. The van der Waals surface area contributed by atoms with E-state index in [-0.39, 0.29) is 6.04 Å². The van der Waals surface area contributed by atoms with Crippen LogP contribution in [0.5, 0.6) is 0 Å². The van der Waals surface area contributed by atoms with Gasteiger partial charge >= 0.3 is 0 Å². The maximum atomic E-state index is 6.17. The minimum Gasteiger partial charge on any atom is -0.306 e. The highest BCUT2D eigenvalue weighted by molar-refractivity contribution is 6.30.